The molecule has 0 unspecified atom stereocenters. The number of amides is 1. The predicted molar refractivity (Wildman–Crippen MR) is 126 cm³/mol. The molecule has 0 saturated carbocycles. The molecule has 180 valence electrons. The first-order chi connectivity index (χ1) is 16.9. The minimum Gasteiger partial charge on any atom is -0.434 e. The zero-order valence-corrected chi connectivity index (χ0v) is 19.1. The van der Waals surface area contributed by atoms with E-state index in [4.69, 9.17) is 9.84 Å². The lowest BCUT2D eigenvalue weighted by molar-refractivity contribution is -0.0504. The minimum atomic E-state index is -2.90. The maximum absolute atomic E-state index is 12.9. The average Bonchev–Trinajstić information content (AvgIpc) is 3.13. The maximum Gasteiger partial charge on any atom is 0.387 e. The SMILES string of the molecule is Cc1nc2ccc(-c3ccc(C(=O)N4CC(CO)C4)nc3)cc2n1Cc1ccccc1OC(F)F. The van der Waals surface area contributed by atoms with Crippen LogP contribution >= 0.6 is 0 Å². The largest absolute Gasteiger partial charge is 0.434 e. The number of rotatable bonds is 7. The molecular formula is C26H24F2N4O3. The highest BCUT2D eigenvalue weighted by atomic mass is 19.3. The van der Waals surface area contributed by atoms with Crippen molar-refractivity contribution in [1.29, 1.82) is 0 Å². The average molecular weight is 478 g/mol. The summed E-state index contributed by atoms with van der Waals surface area (Å²) in [4.78, 5) is 23.2. The molecule has 2 aromatic carbocycles. The zero-order chi connectivity index (χ0) is 24.5. The predicted octanol–water partition coefficient (Wildman–Crippen LogP) is 4.12. The van der Waals surface area contributed by atoms with Gasteiger partial charge in [-0.25, -0.2) is 4.98 Å². The number of carbonyl (C=O) groups is 1. The molecule has 0 aliphatic carbocycles. The number of likely N-dealkylation sites (tertiary alicyclic amines) is 1. The molecule has 0 bridgehead atoms. The summed E-state index contributed by atoms with van der Waals surface area (Å²) in [6, 6.07) is 16.1. The summed E-state index contributed by atoms with van der Waals surface area (Å²) >= 11 is 0. The molecule has 1 aliphatic heterocycles. The van der Waals surface area contributed by atoms with E-state index < -0.39 is 6.61 Å². The Morgan fingerprint density at radius 2 is 1.91 bits per heavy atom. The Hall–Kier alpha value is -3.85. The fourth-order valence-corrected chi connectivity index (χ4v) is 4.34. The van der Waals surface area contributed by atoms with E-state index in [1.54, 1.807) is 35.4 Å². The second-order valence-corrected chi connectivity index (χ2v) is 8.63. The van der Waals surface area contributed by atoms with Gasteiger partial charge in [0.2, 0.25) is 0 Å². The number of nitrogens with zero attached hydrogens (tertiary/aromatic N) is 4. The van der Waals surface area contributed by atoms with Crippen molar-refractivity contribution >= 4 is 16.9 Å². The van der Waals surface area contributed by atoms with E-state index in [0.29, 0.717) is 30.9 Å². The molecule has 0 radical (unpaired) electrons. The molecule has 4 aromatic rings. The van der Waals surface area contributed by atoms with Crippen LogP contribution in [0.4, 0.5) is 8.78 Å². The van der Waals surface area contributed by atoms with Crippen LogP contribution in [0, 0.1) is 12.8 Å². The fourth-order valence-electron chi connectivity index (χ4n) is 4.34. The number of benzene rings is 2. The number of aromatic nitrogens is 3. The maximum atomic E-state index is 12.9. The van der Waals surface area contributed by atoms with Gasteiger partial charge in [-0.2, -0.15) is 8.78 Å². The summed E-state index contributed by atoms with van der Waals surface area (Å²) in [5.41, 5.74) is 4.36. The molecule has 1 aliphatic rings. The summed E-state index contributed by atoms with van der Waals surface area (Å²) in [7, 11) is 0. The number of hydrogen-bond donors (Lipinski definition) is 1. The van der Waals surface area contributed by atoms with Crippen LogP contribution in [0.5, 0.6) is 5.75 Å². The van der Waals surface area contributed by atoms with E-state index in [9.17, 15) is 13.6 Å². The lowest BCUT2D eigenvalue weighted by Crippen LogP contribution is -2.51. The van der Waals surface area contributed by atoms with Gasteiger partial charge in [0.05, 0.1) is 17.6 Å². The van der Waals surface area contributed by atoms with Gasteiger partial charge in [-0.3, -0.25) is 9.78 Å². The van der Waals surface area contributed by atoms with Crippen molar-refractivity contribution in [2.45, 2.75) is 20.1 Å². The van der Waals surface area contributed by atoms with Gasteiger partial charge in [0.25, 0.3) is 5.91 Å². The molecule has 1 amide bonds. The van der Waals surface area contributed by atoms with Crippen molar-refractivity contribution in [3.63, 3.8) is 0 Å². The Morgan fingerprint density at radius 1 is 1.14 bits per heavy atom. The van der Waals surface area contributed by atoms with Gasteiger partial charge in [0.15, 0.2) is 0 Å². The van der Waals surface area contributed by atoms with Crippen LogP contribution in [0.2, 0.25) is 0 Å². The lowest BCUT2D eigenvalue weighted by Gasteiger charge is -2.37. The molecule has 9 heteroatoms. The summed E-state index contributed by atoms with van der Waals surface area (Å²) in [6.45, 7) is 0.469. The molecule has 5 rings (SSSR count). The molecule has 2 aromatic heterocycles. The zero-order valence-electron chi connectivity index (χ0n) is 19.1. The number of hydrogen-bond acceptors (Lipinski definition) is 5. The number of halogens is 2. The molecular weight excluding hydrogens is 454 g/mol. The number of carbonyl (C=O) groups excluding carboxylic acids is 1. The van der Waals surface area contributed by atoms with Crippen LogP contribution in [0.1, 0.15) is 21.9 Å². The van der Waals surface area contributed by atoms with Crippen molar-refractivity contribution in [3.8, 4) is 16.9 Å². The van der Waals surface area contributed by atoms with Crippen molar-refractivity contribution in [2.75, 3.05) is 19.7 Å². The van der Waals surface area contributed by atoms with Crippen LogP contribution in [-0.2, 0) is 6.54 Å². The second kappa shape index (κ2) is 9.42. The van der Waals surface area contributed by atoms with Crippen molar-refractivity contribution in [3.05, 3.63) is 77.9 Å². The highest BCUT2D eigenvalue weighted by Gasteiger charge is 2.31. The van der Waals surface area contributed by atoms with E-state index in [-0.39, 0.29) is 24.2 Å². The van der Waals surface area contributed by atoms with Gasteiger partial charge >= 0.3 is 6.61 Å². The molecule has 35 heavy (non-hydrogen) atoms. The first-order valence-electron chi connectivity index (χ1n) is 11.3. The normalized spacial score (nSPS) is 13.9. The molecule has 1 N–H and O–H groups in total. The van der Waals surface area contributed by atoms with Gasteiger partial charge in [-0.15, -0.1) is 0 Å². The van der Waals surface area contributed by atoms with E-state index in [1.165, 1.54) is 6.07 Å². The quantitative estimate of drug-likeness (QED) is 0.432. The Kier molecular flexibility index (Phi) is 6.17. The Balaban J connectivity index is 1.41. The first kappa shape index (κ1) is 22.9. The third-order valence-electron chi connectivity index (χ3n) is 6.27. The van der Waals surface area contributed by atoms with Gasteiger partial charge in [0.1, 0.15) is 17.3 Å². The van der Waals surface area contributed by atoms with E-state index in [1.807, 2.05) is 35.8 Å². The van der Waals surface area contributed by atoms with Crippen molar-refractivity contribution in [1.82, 2.24) is 19.4 Å². The highest BCUT2D eigenvalue weighted by Crippen LogP contribution is 2.28. The third-order valence-corrected chi connectivity index (χ3v) is 6.27. The number of aliphatic hydroxyl groups excluding tert-OH is 1. The van der Waals surface area contributed by atoms with Gasteiger partial charge in [0, 0.05) is 42.9 Å². The minimum absolute atomic E-state index is 0.0828. The number of alkyl halides is 2. The Morgan fingerprint density at radius 3 is 2.63 bits per heavy atom. The topological polar surface area (TPSA) is 80.5 Å². The number of pyridine rings is 1. The van der Waals surface area contributed by atoms with Crippen LogP contribution < -0.4 is 4.74 Å². The lowest BCUT2D eigenvalue weighted by atomic mass is 10.0. The number of aliphatic hydroxyl groups is 1. The van der Waals surface area contributed by atoms with E-state index in [2.05, 4.69) is 9.97 Å². The van der Waals surface area contributed by atoms with Crippen LogP contribution in [0.3, 0.4) is 0 Å². The van der Waals surface area contributed by atoms with Gasteiger partial charge < -0.3 is 19.3 Å². The number of aryl methyl sites for hydroxylation is 1. The molecule has 0 spiro atoms. The van der Waals surface area contributed by atoms with E-state index >= 15 is 0 Å². The number of para-hydroxylation sites is 1. The second-order valence-electron chi connectivity index (χ2n) is 8.63. The summed E-state index contributed by atoms with van der Waals surface area (Å²) in [5.74, 6) is 0.887. The smallest absolute Gasteiger partial charge is 0.387 e. The monoisotopic (exact) mass is 478 g/mol. The van der Waals surface area contributed by atoms with Gasteiger partial charge in [-0.1, -0.05) is 30.3 Å². The summed E-state index contributed by atoms with van der Waals surface area (Å²) in [6.07, 6.45) is 1.66. The van der Waals surface area contributed by atoms with E-state index in [0.717, 1.165) is 28.0 Å². The van der Waals surface area contributed by atoms with Crippen LogP contribution in [0.15, 0.2) is 60.8 Å². The molecule has 0 atom stereocenters. The molecule has 3 heterocycles. The Bertz CT molecular complexity index is 1370. The van der Waals surface area contributed by atoms with Crippen LogP contribution in [-0.4, -0.2) is 56.8 Å². The fraction of sp³-hybridized carbons (Fsp3) is 0.269. The number of ether oxygens (including phenoxy) is 1. The number of fused-ring (bicyclic) bond motifs is 1. The molecule has 7 nitrogen and oxygen atoms in total. The third kappa shape index (κ3) is 4.59. The van der Waals surface area contributed by atoms with Crippen molar-refractivity contribution < 1.29 is 23.4 Å². The summed E-state index contributed by atoms with van der Waals surface area (Å²) in [5, 5.41) is 9.15. The standard InChI is InChI=1S/C26H24F2N4O3/c1-16-30-21-8-6-18(19-7-9-22(29-11-19)25(34)31-12-17(13-31)15-33)10-23(21)32(16)14-20-4-2-3-5-24(20)35-26(27)28/h2-11,17,26,33H,12-15H2,1H3. The highest BCUT2D eigenvalue weighted by molar-refractivity contribution is 5.93. The van der Waals surface area contributed by atoms with Crippen molar-refractivity contribution in [2.24, 2.45) is 5.92 Å². The van der Waals surface area contributed by atoms with Crippen LogP contribution in [0.25, 0.3) is 22.2 Å². The molecule has 1 fully saturated rings. The summed E-state index contributed by atoms with van der Waals surface area (Å²) < 4.78 is 32.4. The number of imidazole rings is 1. The van der Waals surface area contributed by atoms with Gasteiger partial charge in [-0.05, 0) is 36.8 Å². The first-order valence-corrected chi connectivity index (χ1v) is 11.3. The molecule has 1 saturated heterocycles. The Labute approximate surface area is 200 Å².